The number of benzene rings is 2. The highest BCUT2D eigenvalue weighted by Crippen LogP contribution is 2.34. The van der Waals surface area contributed by atoms with Crippen molar-refractivity contribution in [2.24, 2.45) is 0 Å². The lowest BCUT2D eigenvalue weighted by atomic mass is 10.1. The molecule has 0 saturated carbocycles. The van der Waals surface area contributed by atoms with Gasteiger partial charge in [0.2, 0.25) is 0 Å². The number of rotatable bonds is 8. The molecule has 0 aliphatic carbocycles. The molecule has 1 aromatic heterocycles. The van der Waals surface area contributed by atoms with Gasteiger partial charge in [-0.2, -0.15) is 5.26 Å². The highest BCUT2D eigenvalue weighted by atomic mass is 19.1. The maximum atomic E-state index is 14.5. The third-order valence-electron chi connectivity index (χ3n) is 4.54. The second kappa shape index (κ2) is 10.8. The summed E-state index contributed by atoms with van der Waals surface area (Å²) in [6.07, 6.45) is 1.69. The number of hydrogen-bond acceptors (Lipinski definition) is 6. The van der Waals surface area contributed by atoms with Gasteiger partial charge in [-0.05, 0) is 31.2 Å². The molecule has 0 saturated heterocycles. The van der Waals surface area contributed by atoms with Crippen LogP contribution in [0.25, 0.3) is 10.9 Å². The molecule has 0 atom stereocenters. The van der Waals surface area contributed by atoms with Crippen molar-refractivity contribution < 1.29 is 23.5 Å². The molecule has 0 aliphatic rings. The van der Waals surface area contributed by atoms with Crippen LogP contribution in [0.15, 0.2) is 42.6 Å². The number of amides is 3. The number of nitrogens with one attached hydrogen (secondary N) is 3. The van der Waals surface area contributed by atoms with E-state index >= 15 is 0 Å². The molecule has 10 heteroatoms. The molecule has 9 nitrogen and oxygen atoms in total. The van der Waals surface area contributed by atoms with E-state index in [-0.39, 0.29) is 30.0 Å². The first-order valence-corrected chi connectivity index (χ1v) is 10.1. The quantitative estimate of drug-likeness (QED) is 0.445. The van der Waals surface area contributed by atoms with E-state index < -0.39 is 17.8 Å². The fraction of sp³-hybridized carbons (Fsp3) is 0.217. The van der Waals surface area contributed by atoms with Gasteiger partial charge in [0.1, 0.15) is 23.1 Å². The molecule has 3 aromatic rings. The van der Waals surface area contributed by atoms with Crippen LogP contribution in [-0.2, 0) is 0 Å². The summed E-state index contributed by atoms with van der Waals surface area (Å²) in [6, 6.07) is 10.2. The first kappa shape index (κ1) is 23.3. The Hall–Kier alpha value is -4.39. The summed E-state index contributed by atoms with van der Waals surface area (Å²) in [5.41, 5.74) is 0.760. The number of hydrogen-bond donors (Lipinski definition) is 3. The molecular formula is C23H22FN5O4. The van der Waals surface area contributed by atoms with Crippen molar-refractivity contribution in [2.75, 3.05) is 25.5 Å². The number of carbonyl (C=O) groups excluding carboxylic acids is 2. The summed E-state index contributed by atoms with van der Waals surface area (Å²) in [5.74, 6) is -0.231. The van der Waals surface area contributed by atoms with Gasteiger partial charge in [0.15, 0.2) is 0 Å². The van der Waals surface area contributed by atoms with E-state index in [4.69, 9.17) is 14.7 Å². The van der Waals surface area contributed by atoms with Crippen LogP contribution in [0.1, 0.15) is 23.7 Å². The van der Waals surface area contributed by atoms with Crippen molar-refractivity contribution in [3.8, 4) is 23.3 Å². The number of ether oxygens (including phenoxy) is 2. The zero-order valence-electron chi connectivity index (χ0n) is 18.1. The number of urea groups is 1. The average molecular weight is 451 g/mol. The van der Waals surface area contributed by atoms with Crippen molar-refractivity contribution in [3.05, 3.63) is 54.0 Å². The summed E-state index contributed by atoms with van der Waals surface area (Å²) < 4.78 is 25.6. The van der Waals surface area contributed by atoms with E-state index in [1.807, 2.05) is 6.07 Å². The molecule has 0 aliphatic heterocycles. The minimum atomic E-state index is -0.670. The Labute approximate surface area is 189 Å². The van der Waals surface area contributed by atoms with Crippen molar-refractivity contribution in [3.63, 3.8) is 0 Å². The fourth-order valence-corrected chi connectivity index (χ4v) is 3.03. The lowest BCUT2D eigenvalue weighted by Crippen LogP contribution is -2.28. The van der Waals surface area contributed by atoms with Crippen LogP contribution in [0.4, 0.5) is 14.9 Å². The Kier molecular flexibility index (Phi) is 7.60. The maximum Gasteiger partial charge on any atom is 0.319 e. The SMILES string of the molecule is CCNC(=O)Nc1ccc(Oc2ccnc3cc(OC)c(C(=O)NCCC#N)cc23)cc1F. The molecule has 0 fully saturated rings. The van der Waals surface area contributed by atoms with Crippen molar-refractivity contribution in [2.45, 2.75) is 13.3 Å². The van der Waals surface area contributed by atoms with Crippen LogP contribution in [0, 0.1) is 17.1 Å². The third-order valence-corrected chi connectivity index (χ3v) is 4.54. The van der Waals surface area contributed by atoms with Gasteiger partial charge in [-0.3, -0.25) is 9.78 Å². The predicted molar refractivity (Wildman–Crippen MR) is 120 cm³/mol. The molecule has 33 heavy (non-hydrogen) atoms. The first-order valence-electron chi connectivity index (χ1n) is 10.1. The van der Waals surface area contributed by atoms with E-state index in [1.54, 1.807) is 25.1 Å². The largest absolute Gasteiger partial charge is 0.496 e. The van der Waals surface area contributed by atoms with Gasteiger partial charge in [0.25, 0.3) is 5.91 Å². The topological polar surface area (TPSA) is 125 Å². The van der Waals surface area contributed by atoms with Crippen LogP contribution in [0.3, 0.4) is 0 Å². The minimum absolute atomic E-state index is 0.00829. The van der Waals surface area contributed by atoms with E-state index in [2.05, 4.69) is 20.9 Å². The number of anilines is 1. The van der Waals surface area contributed by atoms with Crippen molar-refractivity contribution in [1.29, 1.82) is 5.26 Å². The van der Waals surface area contributed by atoms with Gasteiger partial charge in [-0.15, -0.1) is 0 Å². The molecule has 2 aromatic carbocycles. The normalized spacial score (nSPS) is 10.2. The number of pyridine rings is 1. The predicted octanol–water partition coefficient (Wildman–Crippen LogP) is 3.96. The van der Waals surface area contributed by atoms with Crippen LogP contribution >= 0.6 is 0 Å². The molecule has 0 radical (unpaired) electrons. The lowest BCUT2D eigenvalue weighted by molar-refractivity contribution is 0.0951. The Morgan fingerprint density at radius 3 is 2.67 bits per heavy atom. The first-order chi connectivity index (χ1) is 16.0. The summed E-state index contributed by atoms with van der Waals surface area (Å²) in [4.78, 5) is 28.5. The number of nitriles is 1. The second-order valence-electron chi connectivity index (χ2n) is 6.77. The number of fused-ring (bicyclic) bond motifs is 1. The Bertz CT molecular complexity index is 1230. The van der Waals surface area contributed by atoms with Gasteiger partial charge >= 0.3 is 6.03 Å². The second-order valence-corrected chi connectivity index (χ2v) is 6.77. The fourth-order valence-electron chi connectivity index (χ4n) is 3.03. The molecule has 3 rings (SSSR count). The molecule has 1 heterocycles. The Morgan fingerprint density at radius 1 is 1.15 bits per heavy atom. The monoisotopic (exact) mass is 451 g/mol. The standard InChI is InChI=1S/C23H22FN5O4/c1-3-26-23(31)29-18-6-5-14(11-17(18)24)33-20-7-10-27-19-13-21(32-2)16(12-15(19)20)22(30)28-9-4-8-25/h5-7,10-13H,3-4,9H2,1-2H3,(H,28,30)(H2,26,29,31). The lowest BCUT2D eigenvalue weighted by Gasteiger charge is -2.14. The molecule has 3 amide bonds. The van der Waals surface area contributed by atoms with Gasteiger partial charge in [0.05, 0.1) is 36.4 Å². The molecule has 0 bridgehead atoms. The van der Waals surface area contributed by atoms with Gasteiger partial charge in [-0.25, -0.2) is 9.18 Å². The van der Waals surface area contributed by atoms with E-state index in [0.29, 0.717) is 28.9 Å². The number of carbonyl (C=O) groups is 2. The summed E-state index contributed by atoms with van der Waals surface area (Å²) >= 11 is 0. The van der Waals surface area contributed by atoms with Crippen molar-refractivity contribution >= 4 is 28.5 Å². The van der Waals surface area contributed by atoms with Gasteiger partial charge in [0, 0.05) is 36.8 Å². The number of methoxy groups -OCH3 is 1. The molecule has 170 valence electrons. The highest BCUT2D eigenvalue weighted by Gasteiger charge is 2.17. The third kappa shape index (κ3) is 5.65. The van der Waals surface area contributed by atoms with Gasteiger partial charge < -0.3 is 25.4 Å². The highest BCUT2D eigenvalue weighted by molar-refractivity contribution is 6.02. The zero-order chi connectivity index (χ0) is 23.8. The zero-order valence-corrected chi connectivity index (χ0v) is 18.1. The summed E-state index contributed by atoms with van der Waals surface area (Å²) in [5, 5.41) is 16.8. The van der Waals surface area contributed by atoms with Crippen molar-refractivity contribution in [1.82, 2.24) is 15.6 Å². The van der Waals surface area contributed by atoms with Crippen LogP contribution in [0.2, 0.25) is 0 Å². The summed E-state index contributed by atoms with van der Waals surface area (Å²) in [7, 11) is 1.44. The summed E-state index contributed by atoms with van der Waals surface area (Å²) in [6.45, 7) is 2.36. The van der Waals surface area contributed by atoms with Crippen LogP contribution < -0.4 is 25.4 Å². The van der Waals surface area contributed by atoms with E-state index in [1.165, 1.54) is 25.4 Å². The number of halogens is 1. The molecule has 3 N–H and O–H groups in total. The molecular weight excluding hydrogens is 429 g/mol. The molecule has 0 unspecified atom stereocenters. The van der Waals surface area contributed by atoms with Crippen LogP contribution in [0.5, 0.6) is 17.2 Å². The van der Waals surface area contributed by atoms with E-state index in [9.17, 15) is 14.0 Å². The van der Waals surface area contributed by atoms with Crippen LogP contribution in [-0.4, -0.2) is 37.1 Å². The minimum Gasteiger partial charge on any atom is -0.496 e. The Balaban J connectivity index is 1.91. The molecule has 0 spiro atoms. The smallest absolute Gasteiger partial charge is 0.319 e. The number of aromatic nitrogens is 1. The number of nitrogens with zero attached hydrogens (tertiary/aromatic N) is 2. The Morgan fingerprint density at radius 2 is 1.97 bits per heavy atom. The maximum absolute atomic E-state index is 14.5. The van der Waals surface area contributed by atoms with E-state index in [0.717, 1.165) is 6.07 Å². The van der Waals surface area contributed by atoms with Gasteiger partial charge in [-0.1, -0.05) is 0 Å². The average Bonchev–Trinajstić information content (AvgIpc) is 2.80.